The molecule has 1 N–H and O–H groups in total. The monoisotopic (exact) mass is 396 g/mol. The Labute approximate surface area is 164 Å². The zero-order valence-electron chi connectivity index (χ0n) is 16.5. The minimum Gasteiger partial charge on any atom is -0.337 e. The highest BCUT2D eigenvalue weighted by molar-refractivity contribution is 5.79. The van der Waals surface area contributed by atoms with Crippen LogP contribution in [0.3, 0.4) is 0 Å². The summed E-state index contributed by atoms with van der Waals surface area (Å²) in [5, 5.41) is 12.1. The number of nitrogens with zero attached hydrogens (tertiary/aromatic N) is 3. The lowest BCUT2D eigenvalue weighted by atomic mass is 9.90. The van der Waals surface area contributed by atoms with Crippen LogP contribution in [0.25, 0.3) is 0 Å². The molecule has 5 nitrogen and oxygen atoms in total. The van der Waals surface area contributed by atoms with Crippen molar-refractivity contribution in [3.05, 3.63) is 35.4 Å². The number of halogens is 3. The minimum atomic E-state index is -4.34. The van der Waals surface area contributed by atoms with Crippen molar-refractivity contribution in [1.29, 1.82) is 5.26 Å². The topological polar surface area (TPSA) is 59.4 Å². The third kappa shape index (κ3) is 5.94. The van der Waals surface area contributed by atoms with Crippen molar-refractivity contribution >= 4 is 5.91 Å². The lowest BCUT2D eigenvalue weighted by Gasteiger charge is -2.35. The normalized spacial score (nSPS) is 18.5. The summed E-state index contributed by atoms with van der Waals surface area (Å²) in [6.07, 6.45) is -4.34. The predicted molar refractivity (Wildman–Crippen MR) is 100 cm³/mol. The summed E-state index contributed by atoms with van der Waals surface area (Å²) < 4.78 is 38.5. The number of amides is 1. The van der Waals surface area contributed by atoms with Gasteiger partial charge in [-0.05, 0) is 24.5 Å². The van der Waals surface area contributed by atoms with Gasteiger partial charge < -0.3 is 5.32 Å². The third-order valence-electron chi connectivity index (χ3n) is 5.28. The van der Waals surface area contributed by atoms with Crippen LogP contribution in [-0.2, 0) is 17.5 Å². The minimum absolute atomic E-state index is 0.00856. The number of nitriles is 1. The van der Waals surface area contributed by atoms with Gasteiger partial charge in [-0.3, -0.25) is 14.6 Å². The van der Waals surface area contributed by atoms with Gasteiger partial charge in [0.15, 0.2) is 0 Å². The van der Waals surface area contributed by atoms with Crippen molar-refractivity contribution in [1.82, 2.24) is 15.1 Å². The molecule has 154 valence electrons. The summed E-state index contributed by atoms with van der Waals surface area (Å²) in [7, 11) is 0. The van der Waals surface area contributed by atoms with E-state index < -0.39 is 17.3 Å². The Morgan fingerprint density at radius 1 is 1.21 bits per heavy atom. The molecule has 1 fully saturated rings. The van der Waals surface area contributed by atoms with Crippen LogP contribution in [0.15, 0.2) is 24.3 Å². The van der Waals surface area contributed by atoms with Crippen LogP contribution < -0.4 is 5.32 Å². The van der Waals surface area contributed by atoms with Gasteiger partial charge in [-0.15, -0.1) is 0 Å². The average Bonchev–Trinajstić information content (AvgIpc) is 2.62. The van der Waals surface area contributed by atoms with E-state index in [1.165, 1.54) is 12.1 Å². The molecule has 1 heterocycles. The number of carbonyl (C=O) groups excluding carboxylic acids is 1. The Kier molecular flexibility index (Phi) is 7.07. The summed E-state index contributed by atoms with van der Waals surface area (Å²) in [5.41, 5.74) is -0.906. The maximum atomic E-state index is 12.8. The number of alkyl halides is 3. The van der Waals surface area contributed by atoms with Crippen molar-refractivity contribution in [3.63, 3.8) is 0 Å². The second kappa shape index (κ2) is 8.93. The Bertz CT molecular complexity index is 721. The molecular formula is C20H27F3N4O. The van der Waals surface area contributed by atoms with Crippen molar-refractivity contribution in [3.8, 4) is 6.07 Å². The first-order valence-corrected chi connectivity index (χ1v) is 9.36. The van der Waals surface area contributed by atoms with Crippen molar-refractivity contribution in [2.45, 2.75) is 39.0 Å². The van der Waals surface area contributed by atoms with Crippen LogP contribution >= 0.6 is 0 Å². The van der Waals surface area contributed by atoms with Crippen LogP contribution in [-0.4, -0.2) is 54.0 Å². The maximum Gasteiger partial charge on any atom is 0.416 e. The molecule has 1 atom stereocenters. The summed E-state index contributed by atoms with van der Waals surface area (Å²) in [6.45, 7) is 8.78. The van der Waals surface area contributed by atoms with Gasteiger partial charge in [0, 0.05) is 32.7 Å². The quantitative estimate of drug-likeness (QED) is 0.803. The molecule has 1 saturated heterocycles. The molecule has 0 aromatic heterocycles. The fraction of sp³-hybridized carbons (Fsp3) is 0.600. The number of hydrogen-bond acceptors (Lipinski definition) is 4. The van der Waals surface area contributed by atoms with E-state index in [0.29, 0.717) is 38.3 Å². The van der Waals surface area contributed by atoms with Crippen LogP contribution in [0, 0.1) is 17.2 Å². The van der Waals surface area contributed by atoms with Gasteiger partial charge in [0.05, 0.1) is 18.2 Å². The summed E-state index contributed by atoms with van der Waals surface area (Å²) in [5.74, 6) is -0.199. The lowest BCUT2D eigenvalue weighted by Crippen LogP contribution is -2.54. The van der Waals surface area contributed by atoms with Crippen molar-refractivity contribution in [2.24, 2.45) is 5.92 Å². The highest BCUT2D eigenvalue weighted by Crippen LogP contribution is 2.29. The number of piperazine rings is 1. The van der Waals surface area contributed by atoms with Crippen LogP contribution in [0.4, 0.5) is 13.2 Å². The molecule has 0 unspecified atom stereocenters. The summed E-state index contributed by atoms with van der Waals surface area (Å²) in [4.78, 5) is 16.3. The number of benzene rings is 1. The van der Waals surface area contributed by atoms with Crippen LogP contribution in [0.1, 0.15) is 31.9 Å². The lowest BCUT2D eigenvalue weighted by molar-refractivity contribution is -0.137. The molecule has 1 aliphatic rings. The summed E-state index contributed by atoms with van der Waals surface area (Å²) in [6, 6.07) is 7.55. The Hall–Kier alpha value is -2.11. The van der Waals surface area contributed by atoms with E-state index in [9.17, 15) is 23.2 Å². The Morgan fingerprint density at radius 3 is 2.36 bits per heavy atom. The maximum absolute atomic E-state index is 12.8. The predicted octanol–water partition coefficient (Wildman–Crippen LogP) is 2.88. The number of hydrogen-bond donors (Lipinski definition) is 1. The smallest absolute Gasteiger partial charge is 0.337 e. The van der Waals surface area contributed by atoms with E-state index >= 15 is 0 Å². The standard InChI is InChI=1S/C20H27F3N4O/c1-15(2)19(3,14-24)25-18(28)13-27-9-7-26(8-10-27)12-16-5-4-6-17(11-16)20(21,22)23/h4-6,11,15H,7-10,12-13H2,1-3H3,(H,25,28)/t19-/m1/s1. The van der Waals surface area contributed by atoms with E-state index in [1.807, 2.05) is 18.7 Å². The molecule has 0 aliphatic carbocycles. The fourth-order valence-corrected chi connectivity index (χ4v) is 3.04. The van der Waals surface area contributed by atoms with Crippen molar-refractivity contribution in [2.75, 3.05) is 32.7 Å². The first-order valence-electron chi connectivity index (χ1n) is 9.36. The molecule has 0 spiro atoms. The molecule has 0 saturated carbocycles. The largest absolute Gasteiger partial charge is 0.416 e. The fourth-order valence-electron chi connectivity index (χ4n) is 3.04. The summed E-state index contributed by atoms with van der Waals surface area (Å²) >= 11 is 0. The van der Waals surface area contributed by atoms with Gasteiger partial charge in [0.25, 0.3) is 0 Å². The Morgan fingerprint density at radius 2 is 1.82 bits per heavy atom. The molecule has 1 aliphatic heterocycles. The molecule has 0 radical (unpaired) electrons. The molecular weight excluding hydrogens is 369 g/mol. The Balaban J connectivity index is 1.83. The third-order valence-corrected chi connectivity index (χ3v) is 5.28. The molecule has 1 aromatic carbocycles. The van der Waals surface area contributed by atoms with E-state index in [-0.39, 0.29) is 18.4 Å². The van der Waals surface area contributed by atoms with Crippen LogP contribution in [0.5, 0.6) is 0 Å². The van der Waals surface area contributed by atoms with Gasteiger partial charge in [-0.25, -0.2) is 0 Å². The molecule has 8 heteroatoms. The van der Waals surface area contributed by atoms with Crippen LogP contribution in [0.2, 0.25) is 0 Å². The molecule has 28 heavy (non-hydrogen) atoms. The van der Waals surface area contributed by atoms with E-state index in [1.54, 1.807) is 13.0 Å². The van der Waals surface area contributed by atoms with Gasteiger partial charge in [0.2, 0.25) is 5.91 Å². The number of rotatable bonds is 6. The van der Waals surface area contributed by atoms with E-state index in [2.05, 4.69) is 16.3 Å². The van der Waals surface area contributed by atoms with E-state index in [4.69, 9.17) is 0 Å². The molecule has 2 rings (SSSR count). The van der Waals surface area contributed by atoms with Gasteiger partial charge in [-0.1, -0.05) is 32.0 Å². The average molecular weight is 396 g/mol. The molecule has 0 bridgehead atoms. The highest BCUT2D eigenvalue weighted by atomic mass is 19.4. The van der Waals surface area contributed by atoms with E-state index in [0.717, 1.165) is 6.07 Å². The number of carbonyl (C=O) groups is 1. The molecule has 1 aromatic rings. The SMILES string of the molecule is CC(C)[C@@](C)(C#N)NC(=O)CN1CCN(Cc2cccc(C(F)(F)F)c2)CC1. The van der Waals surface area contributed by atoms with Gasteiger partial charge in [-0.2, -0.15) is 18.4 Å². The van der Waals surface area contributed by atoms with Gasteiger partial charge >= 0.3 is 6.18 Å². The van der Waals surface area contributed by atoms with Gasteiger partial charge in [0.1, 0.15) is 5.54 Å². The second-order valence-electron chi connectivity index (χ2n) is 7.77. The number of nitrogens with one attached hydrogen (secondary N) is 1. The first kappa shape index (κ1) is 22.2. The highest BCUT2D eigenvalue weighted by Gasteiger charge is 2.32. The first-order chi connectivity index (χ1) is 13.0. The zero-order chi connectivity index (χ0) is 20.9. The molecule has 1 amide bonds. The van der Waals surface area contributed by atoms with Crippen molar-refractivity contribution < 1.29 is 18.0 Å². The zero-order valence-corrected chi connectivity index (χ0v) is 16.5. The second-order valence-corrected chi connectivity index (χ2v) is 7.77.